The molecule has 5 heteroatoms. The molecule has 2 aromatic heterocycles. The monoisotopic (exact) mass is 334 g/mol. The van der Waals surface area contributed by atoms with Crippen LogP contribution in [-0.4, -0.2) is 38.8 Å². The highest BCUT2D eigenvalue weighted by atomic mass is 16.2. The Morgan fingerprint density at radius 2 is 2.00 bits per heavy atom. The van der Waals surface area contributed by atoms with Gasteiger partial charge < -0.3 is 9.88 Å². The molecule has 1 aliphatic rings. The number of aromatic nitrogens is 3. The molecule has 0 bridgehead atoms. The molecule has 4 rings (SSSR count). The van der Waals surface area contributed by atoms with E-state index in [0.717, 1.165) is 46.6 Å². The lowest BCUT2D eigenvalue weighted by Gasteiger charge is -2.16. The van der Waals surface area contributed by atoms with Crippen LogP contribution >= 0.6 is 0 Å². The maximum Gasteiger partial charge on any atom is 0.227 e. The summed E-state index contributed by atoms with van der Waals surface area (Å²) in [5.41, 5.74) is 4.12. The molecule has 1 fully saturated rings. The van der Waals surface area contributed by atoms with E-state index in [0.29, 0.717) is 13.0 Å². The minimum atomic E-state index is 0.177. The second kappa shape index (κ2) is 6.31. The number of amides is 1. The van der Waals surface area contributed by atoms with E-state index in [1.165, 1.54) is 0 Å². The van der Waals surface area contributed by atoms with Crippen LogP contribution in [0.3, 0.4) is 0 Å². The van der Waals surface area contributed by atoms with Crippen LogP contribution in [0.5, 0.6) is 0 Å². The Morgan fingerprint density at radius 3 is 2.80 bits per heavy atom. The fourth-order valence-electron chi connectivity index (χ4n) is 3.69. The third-order valence-electron chi connectivity index (χ3n) is 4.92. The minimum Gasteiger partial charge on any atom is -0.361 e. The number of likely N-dealkylation sites (tertiary alicyclic amines) is 1. The van der Waals surface area contributed by atoms with Gasteiger partial charge in [0.15, 0.2) is 0 Å². The molecule has 1 aliphatic heterocycles. The topological polar surface area (TPSA) is 61.9 Å². The van der Waals surface area contributed by atoms with Gasteiger partial charge in [0.1, 0.15) is 5.82 Å². The number of nitrogens with zero attached hydrogens (tertiary/aromatic N) is 3. The van der Waals surface area contributed by atoms with Crippen molar-refractivity contribution in [2.45, 2.75) is 32.6 Å². The molecule has 0 saturated carbocycles. The van der Waals surface area contributed by atoms with Crippen LogP contribution in [0.25, 0.3) is 10.9 Å². The first-order valence-corrected chi connectivity index (χ1v) is 8.75. The van der Waals surface area contributed by atoms with Crippen molar-refractivity contribution in [1.29, 1.82) is 0 Å². The van der Waals surface area contributed by atoms with Gasteiger partial charge in [-0.1, -0.05) is 18.2 Å². The van der Waals surface area contributed by atoms with Crippen LogP contribution < -0.4 is 0 Å². The van der Waals surface area contributed by atoms with Crippen molar-refractivity contribution in [3.63, 3.8) is 0 Å². The standard InChI is InChI=1S/C20H22N4O/c1-13-9-14(2)23-20(22-13)15-7-8-24(12-15)19(25)10-16-11-21-18-6-4-3-5-17(16)18/h3-6,9,11,15,21H,7-8,10,12H2,1-2H3/t15-/m1/s1. The van der Waals surface area contributed by atoms with E-state index in [1.807, 2.05) is 49.2 Å². The maximum atomic E-state index is 12.7. The smallest absolute Gasteiger partial charge is 0.227 e. The number of aromatic amines is 1. The van der Waals surface area contributed by atoms with Gasteiger partial charge in [-0.05, 0) is 38.0 Å². The zero-order valence-corrected chi connectivity index (χ0v) is 14.6. The number of carbonyl (C=O) groups is 1. The fourth-order valence-corrected chi connectivity index (χ4v) is 3.69. The van der Waals surface area contributed by atoms with E-state index in [1.54, 1.807) is 0 Å². The van der Waals surface area contributed by atoms with Crippen molar-refractivity contribution in [1.82, 2.24) is 19.9 Å². The van der Waals surface area contributed by atoms with Gasteiger partial charge in [0.2, 0.25) is 5.91 Å². The number of aryl methyl sites for hydroxylation is 2. The van der Waals surface area contributed by atoms with E-state index in [2.05, 4.69) is 21.0 Å². The zero-order valence-electron chi connectivity index (χ0n) is 14.6. The van der Waals surface area contributed by atoms with E-state index in [4.69, 9.17) is 0 Å². The molecule has 0 aliphatic carbocycles. The van der Waals surface area contributed by atoms with Crippen molar-refractivity contribution in [3.05, 3.63) is 59.3 Å². The average Bonchev–Trinajstić information content (AvgIpc) is 3.22. The van der Waals surface area contributed by atoms with Crippen LogP contribution in [0.15, 0.2) is 36.5 Å². The van der Waals surface area contributed by atoms with Gasteiger partial charge >= 0.3 is 0 Å². The Labute approximate surface area is 147 Å². The second-order valence-corrected chi connectivity index (χ2v) is 6.87. The fraction of sp³-hybridized carbons (Fsp3) is 0.350. The SMILES string of the molecule is Cc1cc(C)nc([C@@H]2CCN(C(=O)Cc3c[nH]c4ccccc34)C2)n1. The van der Waals surface area contributed by atoms with Crippen LogP contribution in [0.2, 0.25) is 0 Å². The van der Waals surface area contributed by atoms with Gasteiger partial charge in [-0.15, -0.1) is 0 Å². The molecule has 128 valence electrons. The molecule has 1 N–H and O–H groups in total. The quantitative estimate of drug-likeness (QED) is 0.800. The second-order valence-electron chi connectivity index (χ2n) is 6.87. The first-order valence-electron chi connectivity index (χ1n) is 8.75. The summed E-state index contributed by atoms with van der Waals surface area (Å²) < 4.78 is 0. The molecular weight excluding hydrogens is 312 g/mol. The number of hydrogen-bond donors (Lipinski definition) is 1. The van der Waals surface area contributed by atoms with Gasteiger partial charge in [0.05, 0.1) is 6.42 Å². The predicted octanol–water partition coefficient (Wildman–Crippen LogP) is 3.13. The number of H-pyrrole nitrogens is 1. The lowest BCUT2D eigenvalue weighted by molar-refractivity contribution is -0.129. The largest absolute Gasteiger partial charge is 0.361 e. The van der Waals surface area contributed by atoms with E-state index >= 15 is 0 Å². The molecular formula is C20H22N4O. The normalized spacial score (nSPS) is 17.4. The van der Waals surface area contributed by atoms with Crippen molar-refractivity contribution in [2.24, 2.45) is 0 Å². The summed E-state index contributed by atoms with van der Waals surface area (Å²) in [5, 5.41) is 1.13. The Morgan fingerprint density at radius 1 is 1.24 bits per heavy atom. The van der Waals surface area contributed by atoms with Crippen molar-refractivity contribution < 1.29 is 4.79 Å². The highest BCUT2D eigenvalue weighted by molar-refractivity contribution is 5.89. The van der Waals surface area contributed by atoms with Gasteiger partial charge in [-0.3, -0.25) is 4.79 Å². The first kappa shape index (κ1) is 15.8. The number of rotatable bonds is 3. The van der Waals surface area contributed by atoms with Gasteiger partial charge in [-0.2, -0.15) is 0 Å². The lowest BCUT2D eigenvalue weighted by atomic mass is 10.1. The van der Waals surface area contributed by atoms with Crippen molar-refractivity contribution in [3.8, 4) is 0 Å². The Hall–Kier alpha value is -2.69. The van der Waals surface area contributed by atoms with Crippen LogP contribution in [0, 0.1) is 13.8 Å². The average molecular weight is 334 g/mol. The molecule has 1 atom stereocenters. The summed E-state index contributed by atoms with van der Waals surface area (Å²) in [7, 11) is 0. The molecule has 0 spiro atoms. The van der Waals surface area contributed by atoms with Crippen LogP contribution in [-0.2, 0) is 11.2 Å². The first-order chi connectivity index (χ1) is 12.1. The van der Waals surface area contributed by atoms with Crippen molar-refractivity contribution >= 4 is 16.8 Å². The Bertz CT molecular complexity index is 910. The highest BCUT2D eigenvalue weighted by Crippen LogP contribution is 2.26. The summed E-state index contributed by atoms with van der Waals surface area (Å²) >= 11 is 0. The third-order valence-corrected chi connectivity index (χ3v) is 4.92. The zero-order chi connectivity index (χ0) is 17.4. The molecule has 1 aromatic carbocycles. The molecule has 5 nitrogen and oxygen atoms in total. The predicted molar refractivity (Wildman–Crippen MR) is 97.4 cm³/mol. The Kier molecular flexibility index (Phi) is 3.99. The number of benzene rings is 1. The van der Waals surface area contributed by atoms with Gasteiger partial charge in [-0.25, -0.2) is 9.97 Å². The number of nitrogens with one attached hydrogen (secondary N) is 1. The number of hydrogen-bond acceptors (Lipinski definition) is 3. The molecule has 25 heavy (non-hydrogen) atoms. The summed E-state index contributed by atoms with van der Waals surface area (Å²) in [5.74, 6) is 1.29. The summed E-state index contributed by atoms with van der Waals surface area (Å²) in [6.45, 7) is 5.48. The van der Waals surface area contributed by atoms with Crippen LogP contribution in [0.1, 0.15) is 35.1 Å². The highest BCUT2D eigenvalue weighted by Gasteiger charge is 2.29. The molecule has 0 radical (unpaired) electrons. The van der Waals surface area contributed by atoms with E-state index in [-0.39, 0.29) is 11.8 Å². The number of carbonyl (C=O) groups excluding carboxylic acids is 1. The molecule has 3 heterocycles. The van der Waals surface area contributed by atoms with Crippen molar-refractivity contribution in [2.75, 3.05) is 13.1 Å². The summed E-state index contributed by atoms with van der Waals surface area (Å²) in [6, 6.07) is 10.1. The molecule has 3 aromatic rings. The third kappa shape index (κ3) is 3.14. The summed E-state index contributed by atoms with van der Waals surface area (Å²) in [6.07, 6.45) is 3.32. The van der Waals surface area contributed by atoms with E-state index in [9.17, 15) is 4.79 Å². The molecule has 1 amide bonds. The van der Waals surface area contributed by atoms with Gasteiger partial charge in [0.25, 0.3) is 0 Å². The molecule has 1 saturated heterocycles. The van der Waals surface area contributed by atoms with Crippen LogP contribution in [0.4, 0.5) is 0 Å². The lowest BCUT2D eigenvalue weighted by Crippen LogP contribution is -2.30. The minimum absolute atomic E-state index is 0.177. The number of fused-ring (bicyclic) bond motifs is 1. The summed E-state index contributed by atoms with van der Waals surface area (Å²) in [4.78, 5) is 27.1. The maximum absolute atomic E-state index is 12.7. The molecule has 0 unspecified atom stereocenters. The number of para-hydroxylation sites is 1. The Balaban J connectivity index is 1.47. The van der Waals surface area contributed by atoms with E-state index < -0.39 is 0 Å². The van der Waals surface area contributed by atoms with Gasteiger partial charge in [0, 0.05) is 47.5 Å².